The van der Waals surface area contributed by atoms with Gasteiger partial charge in [-0.05, 0) is 37.0 Å². The van der Waals surface area contributed by atoms with Gasteiger partial charge in [-0.1, -0.05) is 25.4 Å². The molecule has 0 amide bonds. The predicted molar refractivity (Wildman–Crippen MR) is 69.5 cm³/mol. The van der Waals surface area contributed by atoms with Crippen LogP contribution in [-0.2, 0) is 0 Å². The van der Waals surface area contributed by atoms with Gasteiger partial charge >= 0.3 is 0 Å². The van der Waals surface area contributed by atoms with E-state index < -0.39 is 6.10 Å². The van der Waals surface area contributed by atoms with Crippen LogP contribution < -0.4 is 4.74 Å². The maximum Gasteiger partial charge on any atom is 0.125 e. The lowest BCUT2D eigenvalue weighted by atomic mass is 9.88. The van der Waals surface area contributed by atoms with Crippen molar-refractivity contribution in [3.8, 4) is 5.75 Å². The van der Waals surface area contributed by atoms with Crippen LogP contribution in [0.1, 0.15) is 44.8 Å². The molecule has 0 aliphatic carbocycles. The van der Waals surface area contributed by atoms with Crippen molar-refractivity contribution in [2.24, 2.45) is 5.92 Å². The highest BCUT2D eigenvalue weighted by atomic mass is 35.5. The molecule has 2 nitrogen and oxygen atoms in total. The van der Waals surface area contributed by atoms with E-state index in [9.17, 15) is 5.11 Å². The molecule has 0 fully saturated rings. The molecule has 1 heterocycles. The maximum absolute atomic E-state index is 10.2. The van der Waals surface area contributed by atoms with Gasteiger partial charge < -0.3 is 9.84 Å². The van der Waals surface area contributed by atoms with Crippen LogP contribution in [-0.4, -0.2) is 11.2 Å². The Balaban J connectivity index is 2.24. The number of rotatable bonds is 3. The minimum atomic E-state index is -0.456. The van der Waals surface area contributed by atoms with E-state index in [1.54, 1.807) is 6.07 Å². The summed E-state index contributed by atoms with van der Waals surface area (Å²) in [5, 5.41) is 10.8. The zero-order chi connectivity index (χ0) is 12.4. The van der Waals surface area contributed by atoms with Gasteiger partial charge in [0.25, 0.3) is 0 Å². The molecule has 1 unspecified atom stereocenters. The van der Waals surface area contributed by atoms with E-state index in [0.717, 1.165) is 24.2 Å². The number of fused-ring (bicyclic) bond motifs is 1. The summed E-state index contributed by atoms with van der Waals surface area (Å²) in [6.45, 7) is 4.34. The largest absolute Gasteiger partial charge is 0.490 e. The number of hydrogen-bond donors (Lipinski definition) is 1. The first-order valence-corrected chi connectivity index (χ1v) is 6.67. The SMILES string of the molecule is CCC(CC)C1C[C@H](O)c2cc(Cl)ccc2O1. The van der Waals surface area contributed by atoms with Crippen molar-refractivity contribution in [2.75, 3.05) is 0 Å². The highest BCUT2D eigenvalue weighted by Crippen LogP contribution is 2.39. The van der Waals surface area contributed by atoms with E-state index in [2.05, 4.69) is 13.8 Å². The lowest BCUT2D eigenvalue weighted by molar-refractivity contribution is 0.0317. The summed E-state index contributed by atoms with van der Waals surface area (Å²) < 4.78 is 5.98. The summed E-state index contributed by atoms with van der Waals surface area (Å²) in [6.07, 6.45) is 2.49. The van der Waals surface area contributed by atoms with E-state index >= 15 is 0 Å². The zero-order valence-electron chi connectivity index (χ0n) is 10.3. The van der Waals surface area contributed by atoms with Crippen LogP contribution in [0.4, 0.5) is 0 Å². The van der Waals surface area contributed by atoms with Crippen molar-refractivity contribution in [3.05, 3.63) is 28.8 Å². The van der Waals surface area contributed by atoms with E-state index in [0.29, 0.717) is 17.4 Å². The molecule has 1 aromatic carbocycles. The molecule has 17 heavy (non-hydrogen) atoms. The molecule has 0 saturated heterocycles. The fourth-order valence-electron chi connectivity index (χ4n) is 2.55. The Morgan fingerprint density at radius 1 is 1.41 bits per heavy atom. The summed E-state index contributed by atoms with van der Waals surface area (Å²) in [6, 6.07) is 5.46. The number of aliphatic hydroxyl groups is 1. The van der Waals surface area contributed by atoms with Gasteiger partial charge in [-0.25, -0.2) is 0 Å². The summed E-state index contributed by atoms with van der Waals surface area (Å²) in [4.78, 5) is 0. The molecule has 94 valence electrons. The van der Waals surface area contributed by atoms with Crippen LogP contribution in [0, 0.1) is 5.92 Å². The number of halogens is 1. The minimum Gasteiger partial charge on any atom is -0.490 e. The average Bonchev–Trinajstić information content (AvgIpc) is 2.32. The van der Waals surface area contributed by atoms with Crippen LogP contribution in [0.5, 0.6) is 5.75 Å². The van der Waals surface area contributed by atoms with Crippen molar-refractivity contribution in [2.45, 2.75) is 45.3 Å². The Morgan fingerprint density at radius 3 is 2.76 bits per heavy atom. The highest BCUT2D eigenvalue weighted by molar-refractivity contribution is 6.30. The van der Waals surface area contributed by atoms with Crippen molar-refractivity contribution in [1.29, 1.82) is 0 Å². The zero-order valence-corrected chi connectivity index (χ0v) is 11.1. The van der Waals surface area contributed by atoms with E-state index in [4.69, 9.17) is 16.3 Å². The molecule has 1 aliphatic rings. The number of ether oxygens (including phenoxy) is 1. The third-order valence-electron chi connectivity index (χ3n) is 3.64. The monoisotopic (exact) mass is 254 g/mol. The Labute approximate surface area is 108 Å². The first-order chi connectivity index (χ1) is 8.15. The molecule has 1 aliphatic heterocycles. The molecule has 0 aromatic heterocycles. The first-order valence-electron chi connectivity index (χ1n) is 6.29. The summed E-state index contributed by atoms with van der Waals surface area (Å²) in [5.74, 6) is 1.29. The summed E-state index contributed by atoms with van der Waals surface area (Å²) in [5.41, 5.74) is 0.819. The Hall–Kier alpha value is -0.730. The molecule has 1 aromatic rings. The fraction of sp³-hybridized carbons (Fsp3) is 0.571. The summed E-state index contributed by atoms with van der Waals surface area (Å²) in [7, 11) is 0. The second kappa shape index (κ2) is 5.28. The number of benzene rings is 1. The molecule has 3 heteroatoms. The lowest BCUT2D eigenvalue weighted by Crippen LogP contribution is -2.32. The second-order valence-electron chi connectivity index (χ2n) is 4.67. The molecule has 2 rings (SSSR count). The number of hydrogen-bond acceptors (Lipinski definition) is 2. The molecule has 0 saturated carbocycles. The normalized spacial score (nSPS) is 23.4. The second-order valence-corrected chi connectivity index (χ2v) is 5.10. The Morgan fingerprint density at radius 2 is 2.12 bits per heavy atom. The molecule has 0 spiro atoms. The van der Waals surface area contributed by atoms with E-state index in [1.807, 2.05) is 12.1 Å². The molecular formula is C14H19ClO2. The van der Waals surface area contributed by atoms with E-state index in [1.165, 1.54) is 0 Å². The van der Waals surface area contributed by atoms with Crippen LogP contribution in [0.3, 0.4) is 0 Å². The van der Waals surface area contributed by atoms with Gasteiger partial charge in [-0.15, -0.1) is 0 Å². The van der Waals surface area contributed by atoms with Crippen molar-refractivity contribution >= 4 is 11.6 Å². The van der Waals surface area contributed by atoms with Gasteiger partial charge in [0.1, 0.15) is 11.9 Å². The number of aliphatic hydroxyl groups excluding tert-OH is 1. The van der Waals surface area contributed by atoms with Crippen LogP contribution in [0.25, 0.3) is 0 Å². The van der Waals surface area contributed by atoms with Gasteiger partial charge in [0.05, 0.1) is 6.10 Å². The standard InChI is InChI=1S/C14H19ClO2/c1-3-9(4-2)14-8-12(16)11-7-10(15)5-6-13(11)17-14/h5-7,9,12,14,16H,3-4,8H2,1-2H3/t12-,14?/m0/s1. The van der Waals surface area contributed by atoms with Crippen LogP contribution >= 0.6 is 11.6 Å². The third kappa shape index (κ3) is 2.58. The van der Waals surface area contributed by atoms with Crippen molar-refractivity contribution < 1.29 is 9.84 Å². The Kier molecular flexibility index (Phi) is 3.95. The van der Waals surface area contributed by atoms with Crippen LogP contribution in [0.15, 0.2) is 18.2 Å². The minimum absolute atomic E-state index is 0.119. The quantitative estimate of drug-likeness (QED) is 0.885. The predicted octanol–water partition coefficient (Wildman–Crippen LogP) is 3.96. The average molecular weight is 255 g/mol. The molecule has 0 bridgehead atoms. The maximum atomic E-state index is 10.2. The van der Waals surface area contributed by atoms with Crippen LogP contribution in [0.2, 0.25) is 5.02 Å². The lowest BCUT2D eigenvalue weighted by Gasteiger charge is -2.34. The van der Waals surface area contributed by atoms with Gasteiger partial charge in [0.15, 0.2) is 0 Å². The highest BCUT2D eigenvalue weighted by Gasteiger charge is 2.30. The fourth-order valence-corrected chi connectivity index (χ4v) is 2.73. The smallest absolute Gasteiger partial charge is 0.125 e. The van der Waals surface area contributed by atoms with E-state index in [-0.39, 0.29) is 6.10 Å². The van der Waals surface area contributed by atoms with Gasteiger partial charge in [0, 0.05) is 17.0 Å². The Bertz CT molecular complexity index is 388. The third-order valence-corrected chi connectivity index (χ3v) is 3.87. The summed E-state index contributed by atoms with van der Waals surface area (Å²) >= 11 is 5.93. The van der Waals surface area contributed by atoms with Gasteiger partial charge in [-0.3, -0.25) is 0 Å². The van der Waals surface area contributed by atoms with Crippen molar-refractivity contribution in [3.63, 3.8) is 0 Å². The topological polar surface area (TPSA) is 29.5 Å². The molecular weight excluding hydrogens is 236 g/mol. The first kappa shape index (κ1) is 12.7. The molecule has 2 atom stereocenters. The molecule has 0 radical (unpaired) electrons. The molecule has 1 N–H and O–H groups in total. The van der Waals surface area contributed by atoms with Crippen molar-refractivity contribution in [1.82, 2.24) is 0 Å². The van der Waals surface area contributed by atoms with Gasteiger partial charge in [-0.2, -0.15) is 0 Å². The van der Waals surface area contributed by atoms with Gasteiger partial charge in [0.2, 0.25) is 0 Å².